The molecule has 0 amide bonds. The summed E-state index contributed by atoms with van der Waals surface area (Å²) in [6.45, 7) is 0.165. The molecule has 0 aliphatic carbocycles. The molecule has 3 aromatic rings. The Balaban J connectivity index is 1.68. The zero-order valence-corrected chi connectivity index (χ0v) is 15.3. The maximum atomic E-state index is 13.0. The number of benzene rings is 2. The molecule has 0 unspecified atom stereocenters. The van der Waals surface area contributed by atoms with E-state index < -0.39 is 5.97 Å². The molecule has 0 saturated carbocycles. The molecule has 7 heteroatoms. The first-order valence-electron chi connectivity index (χ1n) is 8.36. The molecular weight excluding hydrogens is 365 g/mol. The fourth-order valence-corrected chi connectivity index (χ4v) is 2.39. The molecule has 144 valence electrons. The van der Waals surface area contributed by atoms with Crippen molar-refractivity contribution in [1.29, 1.82) is 0 Å². The maximum absolute atomic E-state index is 13.0. The van der Waals surface area contributed by atoms with Crippen LogP contribution in [0, 0.1) is 5.82 Å². The van der Waals surface area contributed by atoms with Gasteiger partial charge in [0.1, 0.15) is 24.4 Å². The van der Waals surface area contributed by atoms with Crippen LogP contribution in [-0.4, -0.2) is 25.2 Å². The third-order valence-corrected chi connectivity index (χ3v) is 3.82. The van der Waals surface area contributed by atoms with Gasteiger partial charge in [0.2, 0.25) is 5.89 Å². The van der Waals surface area contributed by atoms with E-state index in [-0.39, 0.29) is 12.4 Å². The fraction of sp³-hybridized carbons (Fsp3) is 0.143. The number of carbonyl (C=O) groups excluding carboxylic acids is 1. The average molecular weight is 383 g/mol. The molecule has 3 rings (SSSR count). The van der Waals surface area contributed by atoms with Crippen molar-refractivity contribution in [2.45, 2.75) is 6.61 Å². The number of oxazole rings is 1. The van der Waals surface area contributed by atoms with Gasteiger partial charge in [-0.25, -0.2) is 14.2 Å². The highest BCUT2D eigenvalue weighted by Gasteiger charge is 2.10. The lowest BCUT2D eigenvalue weighted by molar-refractivity contribution is -0.134. The van der Waals surface area contributed by atoms with Crippen molar-refractivity contribution in [3.05, 3.63) is 71.9 Å². The Labute approximate surface area is 161 Å². The number of halogens is 1. The van der Waals surface area contributed by atoms with Gasteiger partial charge in [-0.2, -0.15) is 0 Å². The molecule has 0 N–H and O–H groups in total. The van der Waals surface area contributed by atoms with Crippen LogP contribution >= 0.6 is 0 Å². The van der Waals surface area contributed by atoms with Crippen molar-refractivity contribution in [1.82, 2.24) is 4.98 Å². The highest BCUT2D eigenvalue weighted by Crippen LogP contribution is 2.29. The number of aromatic nitrogens is 1. The highest BCUT2D eigenvalue weighted by atomic mass is 19.1. The maximum Gasteiger partial charge on any atom is 0.330 e. The number of hydrogen-bond acceptors (Lipinski definition) is 6. The van der Waals surface area contributed by atoms with Crippen LogP contribution in [0.25, 0.3) is 17.5 Å². The summed E-state index contributed by atoms with van der Waals surface area (Å²) in [6, 6.07) is 11.1. The minimum absolute atomic E-state index is 0.165. The topological polar surface area (TPSA) is 70.8 Å². The second-order valence-electron chi connectivity index (χ2n) is 5.71. The Morgan fingerprint density at radius 1 is 1.14 bits per heavy atom. The van der Waals surface area contributed by atoms with Crippen LogP contribution in [0.4, 0.5) is 4.39 Å². The van der Waals surface area contributed by atoms with Crippen LogP contribution in [0.3, 0.4) is 0 Å². The number of methoxy groups -OCH3 is 2. The van der Waals surface area contributed by atoms with Gasteiger partial charge in [-0.3, -0.25) is 0 Å². The van der Waals surface area contributed by atoms with Crippen molar-refractivity contribution < 1.29 is 27.8 Å². The summed E-state index contributed by atoms with van der Waals surface area (Å²) in [5.74, 6) is 0.644. The molecule has 0 aliphatic rings. The van der Waals surface area contributed by atoms with Crippen LogP contribution in [0.1, 0.15) is 11.3 Å². The van der Waals surface area contributed by atoms with E-state index in [2.05, 4.69) is 9.72 Å². The van der Waals surface area contributed by atoms with E-state index in [1.54, 1.807) is 36.4 Å². The van der Waals surface area contributed by atoms with E-state index in [4.69, 9.17) is 13.9 Å². The standard InChI is InChI=1S/C21H18FNO5/c1-25-19-11-14(4-10-20(24)26-2)3-9-18(19)27-12-17-13-28-21(23-17)15-5-7-16(22)8-6-15/h3-11,13H,12H2,1-2H3. The lowest BCUT2D eigenvalue weighted by Crippen LogP contribution is -1.98. The molecule has 6 nitrogen and oxygen atoms in total. The summed E-state index contributed by atoms with van der Waals surface area (Å²) < 4.78 is 34.1. The Morgan fingerprint density at radius 3 is 2.64 bits per heavy atom. The van der Waals surface area contributed by atoms with Gasteiger partial charge in [-0.05, 0) is 48.0 Å². The molecule has 0 aliphatic heterocycles. The van der Waals surface area contributed by atoms with Gasteiger partial charge in [-0.1, -0.05) is 6.07 Å². The molecule has 2 aromatic carbocycles. The molecule has 1 heterocycles. The second-order valence-corrected chi connectivity index (χ2v) is 5.71. The SMILES string of the molecule is COC(=O)C=Cc1ccc(OCc2coc(-c3ccc(F)cc3)n2)c(OC)c1. The predicted molar refractivity (Wildman–Crippen MR) is 100 cm³/mol. The van der Waals surface area contributed by atoms with Crippen LogP contribution in [-0.2, 0) is 16.1 Å². The summed E-state index contributed by atoms with van der Waals surface area (Å²) >= 11 is 0. The van der Waals surface area contributed by atoms with E-state index in [0.29, 0.717) is 28.6 Å². The third-order valence-electron chi connectivity index (χ3n) is 3.82. The summed E-state index contributed by atoms with van der Waals surface area (Å²) in [5, 5.41) is 0. The summed E-state index contributed by atoms with van der Waals surface area (Å²) in [6.07, 6.45) is 4.42. The van der Waals surface area contributed by atoms with E-state index in [1.165, 1.54) is 38.7 Å². The summed E-state index contributed by atoms with van der Waals surface area (Å²) in [7, 11) is 2.84. The second kappa shape index (κ2) is 8.85. The fourth-order valence-electron chi connectivity index (χ4n) is 2.39. The number of carbonyl (C=O) groups is 1. The molecule has 0 saturated heterocycles. The molecule has 0 atom stereocenters. The van der Waals surface area contributed by atoms with E-state index in [0.717, 1.165) is 5.56 Å². The largest absolute Gasteiger partial charge is 0.493 e. The number of esters is 1. The Morgan fingerprint density at radius 2 is 1.93 bits per heavy atom. The van der Waals surface area contributed by atoms with Gasteiger partial charge in [0.15, 0.2) is 11.5 Å². The molecule has 0 spiro atoms. The van der Waals surface area contributed by atoms with Crippen molar-refractivity contribution in [3.8, 4) is 23.0 Å². The van der Waals surface area contributed by atoms with E-state index in [1.807, 2.05) is 0 Å². The molecule has 28 heavy (non-hydrogen) atoms. The van der Waals surface area contributed by atoms with Crippen molar-refractivity contribution in [2.24, 2.45) is 0 Å². The highest BCUT2D eigenvalue weighted by molar-refractivity contribution is 5.87. The summed E-state index contributed by atoms with van der Waals surface area (Å²) in [5.41, 5.74) is 2.01. The first-order valence-corrected chi connectivity index (χ1v) is 8.36. The van der Waals surface area contributed by atoms with Gasteiger partial charge >= 0.3 is 5.97 Å². The zero-order valence-electron chi connectivity index (χ0n) is 15.3. The number of rotatable bonds is 7. The monoisotopic (exact) mass is 383 g/mol. The number of hydrogen-bond donors (Lipinski definition) is 0. The van der Waals surface area contributed by atoms with Crippen LogP contribution < -0.4 is 9.47 Å². The Kier molecular flexibility index (Phi) is 6.06. The zero-order chi connectivity index (χ0) is 19.9. The van der Waals surface area contributed by atoms with Gasteiger partial charge in [0.05, 0.1) is 14.2 Å². The Hall–Kier alpha value is -3.61. The lowest BCUT2D eigenvalue weighted by atomic mass is 10.2. The van der Waals surface area contributed by atoms with Crippen molar-refractivity contribution in [2.75, 3.05) is 14.2 Å². The van der Waals surface area contributed by atoms with Gasteiger partial charge in [0.25, 0.3) is 0 Å². The van der Waals surface area contributed by atoms with Crippen molar-refractivity contribution in [3.63, 3.8) is 0 Å². The molecule has 0 radical (unpaired) electrons. The molecule has 0 fully saturated rings. The minimum Gasteiger partial charge on any atom is -0.493 e. The number of nitrogens with zero attached hydrogens (tertiary/aromatic N) is 1. The average Bonchev–Trinajstić information content (AvgIpc) is 3.20. The van der Waals surface area contributed by atoms with E-state index >= 15 is 0 Å². The molecular formula is C21H18FNO5. The minimum atomic E-state index is -0.442. The molecule has 1 aromatic heterocycles. The van der Waals surface area contributed by atoms with Crippen LogP contribution in [0.15, 0.2) is 59.2 Å². The first kappa shape index (κ1) is 19.2. The normalized spacial score (nSPS) is 10.8. The van der Waals surface area contributed by atoms with E-state index in [9.17, 15) is 9.18 Å². The van der Waals surface area contributed by atoms with Crippen LogP contribution in [0.5, 0.6) is 11.5 Å². The van der Waals surface area contributed by atoms with Gasteiger partial charge in [0, 0.05) is 11.6 Å². The predicted octanol–water partition coefficient (Wildman–Crippen LogP) is 4.25. The quantitative estimate of drug-likeness (QED) is 0.449. The van der Waals surface area contributed by atoms with Crippen LogP contribution in [0.2, 0.25) is 0 Å². The first-order chi connectivity index (χ1) is 13.6. The van der Waals surface area contributed by atoms with Crippen molar-refractivity contribution >= 4 is 12.0 Å². The summed E-state index contributed by atoms with van der Waals surface area (Å²) in [4.78, 5) is 15.5. The lowest BCUT2D eigenvalue weighted by Gasteiger charge is -2.10. The Bertz CT molecular complexity index is 979. The van der Waals surface area contributed by atoms with Gasteiger partial charge < -0.3 is 18.6 Å². The number of ether oxygens (including phenoxy) is 3. The molecule has 0 bridgehead atoms. The smallest absolute Gasteiger partial charge is 0.330 e. The van der Waals surface area contributed by atoms with Gasteiger partial charge in [-0.15, -0.1) is 0 Å². The third kappa shape index (κ3) is 4.76.